The van der Waals surface area contributed by atoms with Gasteiger partial charge < -0.3 is 5.32 Å². The van der Waals surface area contributed by atoms with Gasteiger partial charge in [0, 0.05) is 10.9 Å². The lowest BCUT2D eigenvalue weighted by atomic mass is 9.94. The Hall–Kier alpha value is -0.390. The zero-order chi connectivity index (χ0) is 11.8. The van der Waals surface area contributed by atoms with Gasteiger partial charge in [-0.15, -0.1) is 11.3 Å². The van der Waals surface area contributed by atoms with Crippen LogP contribution >= 0.6 is 11.3 Å². The fraction of sp³-hybridized carbons (Fsp3) is 0.636. The van der Waals surface area contributed by atoms with Gasteiger partial charge in [-0.3, -0.25) is 0 Å². The summed E-state index contributed by atoms with van der Waals surface area (Å²) in [5.41, 5.74) is 1.23. The average Bonchev–Trinajstić information content (AvgIpc) is 2.75. The number of hydrogen-bond donors (Lipinski definition) is 1. The van der Waals surface area contributed by atoms with E-state index in [9.17, 15) is 8.42 Å². The first-order chi connectivity index (χ1) is 7.52. The van der Waals surface area contributed by atoms with E-state index < -0.39 is 9.84 Å². The van der Waals surface area contributed by atoms with Crippen molar-refractivity contribution in [2.45, 2.75) is 19.4 Å². The molecule has 1 aliphatic heterocycles. The quantitative estimate of drug-likeness (QED) is 0.899. The van der Waals surface area contributed by atoms with Crippen LogP contribution in [0.2, 0.25) is 0 Å². The number of sulfone groups is 1. The molecule has 5 heteroatoms. The summed E-state index contributed by atoms with van der Waals surface area (Å²) >= 11 is 1.72. The summed E-state index contributed by atoms with van der Waals surface area (Å²) in [6.07, 6.45) is 0.780. The Morgan fingerprint density at radius 3 is 2.75 bits per heavy atom. The second-order valence-corrected chi connectivity index (χ2v) is 7.76. The van der Waals surface area contributed by atoms with Crippen molar-refractivity contribution < 1.29 is 8.42 Å². The van der Waals surface area contributed by atoms with Crippen LogP contribution in [0.5, 0.6) is 0 Å². The minimum absolute atomic E-state index is 0.183. The van der Waals surface area contributed by atoms with E-state index in [0.29, 0.717) is 11.5 Å². The number of hydrogen-bond acceptors (Lipinski definition) is 4. The molecule has 1 aromatic rings. The molecule has 3 nitrogen and oxygen atoms in total. The molecule has 2 rings (SSSR count). The first-order valence-corrected chi connectivity index (χ1v) is 8.14. The highest BCUT2D eigenvalue weighted by atomic mass is 32.2. The summed E-state index contributed by atoms with van der Waals surface area (Å²) in [4.78, 5) is 1.27. The van der Waals surface area contributed by atoms with Crippen molar-refractivity contribution in [2.24, 2.45) is 5.92 Å². The molecule has 2 heterocycles. The fourth-order valence-corrected chi connectivity index (χ4v) is 4.97. The van der Waals surface area contributed by atoms with Gasteiger partial charge in [0.2, 0.25) is 0 Å². The van der Waals surface area contributed by atoms with E-state index in [0.717, 1.165) is 6.42 Å². The fourth-order valence-electron chi connectivity index (χ4n) is 2.39. The van der Waals surface area contributed by atoms with Gasteiger partial charge in [-0.05, 0) is 43.3 Å². The Morgan fingerprint density at radius 2 is 2.31 bits per heavy atom. The maximum Gasteiger partial charge on any atom is 0.150 e. The van der Waals surface area contributed by atoms with Crippen LogP contribution in [0, 0.1) is 12.8 Å². The maximum atomic E-state index is 11.5. The van der Waals surface area contributed by atoms with Gasteiger partial charge in [-0.2, -0.15) is 0 Å². The third-order valence-corrected chi connectivity index (χ3v) is 5.83. The van der Waals surface area contributed by atoms with Gasteiger partial charge in [-0.1, -0.05) is 0 Å². The number of aryl methyl sites for hydroxylation is 1. The molecule has 1 aliphatic rings. The predicted octanol–water partition coefficient (Wildman–Crippen LogP) is 1.75. The lowest BCUT2D eigenvalue weighted by molar-refractivity contribution is 0.419. The second-order valence-electron chi connectivity index (χ2n) is 4.42. The number of nitrogens with one attached hydrogen (secondary N) is 1. The lowest BCUT2D eigenvalue weighted by Gasteiger charge is -2.20. The van der Waals surface area contributed by atoms with E-state index in [1.54, 1.807) is 11.3 Å². The minimum Gasteiger partial charge on any atom is -0.313 e. The molecule has 90 valence electrons. The summed E-state index contributed by atoms with van der Waals surface area (Å²) < 4.78 is 22.9. The summed E-state index contributed by atoms with van der Waals surface area (Å²) in [5.74, 6) is 0.899. The van der Waals surface area contributed by atoms with E-state index in [2.05, 4.69) is 23.7 Å². The van der Waals surface area contributed by atoms with Crippen LogP contribution in [0.3, 0.4) is 0 Å². The highest BCUT2D eigenvalue weighted by Crippen LogP contribution is 2.33. The molecule has 0 bridgehead atoms. The van der Waals surface area contributed by atoms with E-state index in [1.165, 1.54) is 10.4 Å². The molecular formula is C11H17NO2S2. The molecule has 2 atom stereocenters. The molecule has 1 fully saturated rings. The van der Waals surface area contributed by atoms with Crippen LogP contribution in [-0.4, -0.2) is 27.0 Å². The highest BCUT2D eigenvalue weighted by Gasteiger charge is 2.33. The summed E-state index contributed by atoms with van der Waals surface area (Å²) in [6.45, 7) is 2.08. The molecule has 0 spiro atoms. The number of thiophene rings is 1. The van der Waals surface area contributed by atoms with Crippen molar-refractivity contribution >= 4 is 21.2 Å². The third kappa shape index (κ3) is 2.47. The number of rotatable bonds is 3. The Balaban J connectivity index is 2.18. The van der Waals surface area contributed by atoms with Crippen molar-refractivity contribution in [3.8, 4) is 0 Å². The lowest BCUT2D eigenvalue weighted by Crippen LogP contribution is -2.25. The zero-order valence-electron chi connectivity index (χ0n) is 9.56. The van der Waals surface area contributed by atoms with Crippen molar-refractivity contribution in [2.75, 3.05) is 18.6 Å². The molecule has 1 aromatic heterocycles. The van der Waals surface area contributed by atoms with E-state index in [-0.39, 0.29) is 12.0 Å². The topological polar surface area (TPSA) is 46.2 Å². The summed E-state index contributed by atoms with van der Waals surface area (Å²) in [7, 11) is -0.883. The van der Waals surface area contributed by atoms with Crippen LogP contribution in [0.1, 0.15) is 22.9 Å². The smallest absolute Gasteiger partial charge is 0.150 e. The zero-order valence-corrected chi connectivity index (χ0v) is 11.2. The first-order valence-electron chi connectivity index (χ1n) is 5.44. The van der Waals surface area contributed by atoms with Crippen molar-refractivity contribution in [1.29, 1.82) is 0 Å². The van der Waals surface area contributed by atoms with Crippen molar-refractivity contribution in [1.82, 2.24) is 5.32 Å². The van der Waals surface area contributed by atoms with E-state index in [4.69, 9.17) is 0 Å². The molecular weight excluding hydrogens is 242 g/mol. The second kappa shape index (κ2) is 4.47. The Morgan fingerprint density at radius 1 is 1.56 bits per heavy atom. The first kappa shape index (κ1) is 12.1. The molecule has 16 heavy (non-hydrogen) atoms. The van der Waals surface area contributed by atoms with Crippen LogP contribution in [0.25, 0.3) is 0 Å². The van der Waals surface area contributed by atoms with E-state index >= 15 is 0 Å². The van der Waals surface area contributed by atoms with Crippen molar-refractivity contribution in [3.05, 3.63) is 21.9 Å². The van der Waals surface area contributed by atoms with Crippen LogP contribution in [0.15, 0.2) is 11.4 Å². The Bertz CT molecular complexity index is 464. The standard InChI is InChI=1S/C11H17NO2S2/c1-8-5-10(6-15-8)11(12-2)9-3-4-16(13,14)7-9/h5-6,9,11-12H,3-4,7H2,1-2H3. The predicted molar refractivity (Wildman–Crippen MR) is 67.6 cm³/mol. The molecule has 1 saturated heterocycles. The Kier molecular flexibility index (Phi) is 3.37. The minimum atomic E-state index is -2.79. The molecule has 0 aromatic carbocycles. The van der Waals surface area contributed by atoms with Gasteiger partial charge in [-0.25, -0.2) is 8.42 Å². The molecule has 1 N–H and O–H groups in total. The largest absolute Gasteiger partial charge is 0.313 e. The average molecular weight is 259 g/mol. The molecule has 0 aliphatic carbocycles. The van der Waals surface area contributed by atoms with Gasteiger partial charge in [0.15, 0.2) is 9.84 Å². The SMILES string of the molecule is CNC(c1csc(C)c1)C1CCS(=O)(=O)C1. The van der Waals surface area contributed by atoms with Crippen LogP contribution < -0.4 is 5.32 Å². The maximum absolute atomic E-state index is 11.5. The molecule has 0 radical (unpaired) electrons. The normalized spacial score (nSPS) is 25.8. The molecule has 2 unspecified atom stereocenters. The van der Waals surface area contributed by atoms with Crippen LogP contribution in [0.4, 0.5) is 0 Å². The van der Waals surface area contributed by atoms with Gasteiger partial charge in [0.05, 0.1) is 11.5 Å². The third-order valence-electron chi connectivity index (χ3n) is 3.16. The molecule has 0 amide bonds. The summed E-state index contributed by atoms with van der Waals surface area (Å²) in [6, 6.07) is 2.33. The summed E-state index contributed by atoms with van der Waals surface area (Å²) in [5, 5.41) is 5.38. The Labute approximate surface area is 101 Å². The van der Waals surface area contributed by atoms with Gasteiger partial charge >= 0.3 is 0 Å². The van der Waals surface area contributed by atoms with Crippen molar-refractivity contribution in [3.63, 3.8) is 0 Å². The molecule has 0 saturated carbocycles. The highest BCUT2D eigenvalue weighted by molar-refractivity contribution is 7.91. The van der Waals surface area contributed by atoms with Crippen LogP contribution in [-0.2, 0) is 9.84 Å². The van der Waals surface area contributed by atoms with E-state index in [1.807, 2.05) is 7.05 Å². The van der Waals surface area contributed by atoms with Gasteiger partial charge in [0.1, 0.15) is 0 Å². The monoisotopic (exact) mass is 259 g/mol. The van der Waals surface area contributed by atoms with Gasteiger partial charge in [0.25, 0.3) is 0 Å².